The van der Waals surface area contributed by atoms with Crippen LogP contribution in [0, 0.1) is 0 Å². The minimum absolute atomic E-state index is 0.982. The Morgan fingerprint density at radius 1 is 1.20 bits per heavy atom. The molecular weight excluding hydrogens is 188 g/mol. The first-order valence-electron chi connectivity index (χ1n) is 5.33. The summed E-state index contributed by atoms with van der Waals surface area (Å²) in [5.74, 6) is 0.982. The number of aromatic nitrogens is 2. The number of hydrogen-bond donors (Lipinski definition) is 2. The van der Waals surface area contributed by atoms with E-state index in [0.29, 0.717) is 0 Å². The fraction of sp³-hybridized carbons (Fsp3) is 0.364. The van der Waals surface area contributed by atoms with Crippen molar-refractivity contribution in [1.82, 2.24) is 15.3 Å². The molecule has 1 aliphatic carbocycles. The molecular formula is C11H14N4. The summed E-state index contributed by atoms with van der Waals surface area (Å²) in [7, 11) is 0. The molecule has 0 aromatic carbocycles. The third-order valence-electron chi connectivity index (χ3n) is 2.84. The van der Waals surface area contributed by atoms with Gasteiger partial charge in [0.05, 0.1) is 0 Å². The normalized spacial score (nSPS) is 17.2. The molecule has 0 atom stereocenters. The van der Waals surface area contributed by atoms with Gasteiger partial charge in [-0.2, -0.15) is 0 Å². The van der Waals surface area contributed by atoms with Gasteiger partial charge in [-0.15, -0.1) is 0 Å². The maximum atomic E-state index is 4.45. The standard InChI is InChI=1S/C11H14N4/c1-2-9-8-13-11(14-10(9)3-1)15-6-4-12-5-7-15/h1-3,8,12H,4-7H2,(H,13,14). The summed E-state index contributed by atoms with van der Waals surface area (Å²) in [6.07, 6.45) is 1.93. The van der Waals surface area contributed by atoms with E-state index in [1.807, 2.05) is 12.3 Å². The number of nitrogens with one attached hydrogen (secondary N) is 2. The third kappa shape index (κ3) is 1.57. The van der Waals surface area contributed by atoms with Crippen molar-refractivity contribution in [1.29, 1.82) is 0 Å². The average molecular weight is 202 g/mol. The predicted octanol–water partition coefficient (Wildman–Crippen LogP) is 0.924. The van der Waals surface area contributed by atoms with Gasteiger partial charge in [0, 0.05) is 43.6 Å². The molecule has 15 heavy (non-hydrogen) atoms. The predicted molar refractivity (Wildman–Crippen MR) is 60.3 cm³/mol. The van der Waals surface area contributed by atoms with Gasteiger partial charge in [-0.3, -0.25) is 0 Å². The van der Waals surface area contributed by atoms with Crippen molar-refractivity contribution in [2.24, 2.45) is 0 Å². The lowest BCUT2D eigenvalue weighted by Gasteiger charge is -2.28. The highest BCUT2D eigenvalue weighted by molar-refractivity contribution is 5.62. The molecule has 0 amide bonds. The van der Waals surface area contributed by atoms with Crippen molar-refractivity contribution >= 4 is 5.95 Å². The summed E-state index contributed by atoms with van der Waals surface area (Å²) in [5, 5.41) is 3.33. The molecule has 1 saturated heterocycles. The minimum atomic E-state index is 0.982. The van der Waals surface area contributed by atoms with E-state index in [4.69, 9.17) is 0 Å². The number of fused-ring (bicyclic) bond motifs is 1. The topological polar surface area (TPSA) is 44.0 Å². The molecule has 0 saturated carbocycles. The SMILES string of the molecule is c1cc2cnc(N3CCNCC3)[nH]c-2c1. The van der Waals surface area contributed by atoms with Gasteiger partial charge < -0.3 is 15.2 Å². The molecule has 0 radical (unpaired) electrons. The van der Waals surface area contributed by atoms with Crippen LogP contribution in [0.5, 0.6) is 0 Å². The maximum absolute atomic E-state index is 4.45. The molecule has 4 heteroatoms. The first kappa shape index (κ1) is 8.73. The van der Waals surface area contributed by atoms with Crippen LogP contribution in [-0.4, -0.2) is 36.1 Å². The lowest BCUT2D eigenvalue weighted by molar-refractivity contribution is 0.580. The second kappa shape index (κ2) is 3.55. The molecule has 0 spiro atoms. The summed E-state index contributed by atoms with van der Waals surface area (Å²) in [6, 6.07) is 6.20. The van der Waals surface area contributed by atoms with E-state index in [9.17, 15) is 0 Å². The molecule has 78 valence electrons. The highest BCUT2D eigenvalue weighted by Gasteiger charge is 2.13. The molecule has 3 rings (SSSR count). The molecule has 0 aromatic heterocycles. The molecule has 0 unspecified atom stereocenters. The molecule has 0 aromatic rings. The summed E-state index contributed by atoms with van der Waals surface area (Å²) in [4.78, 5) is 10.1. The van der Waals surface area contributed by atoms with Crippen LogP contribution in [0.1, 0.15) is 0 Å². The van der Waals surface area contributed by atoms with Crippen LogP contribution in [0.15, 0.2) is 24.4 Å². The van der Waals surface area contributed by atoms with Crippen LogP contribution in [0.25, 0.3) is 11.3 Å². The van der Waals surface area contributed by atoms with Crippen molar-refractivity contribution in [2.75, 3.05) is 31.1 Å². The van der Waals surface area contributed by atoms with Crippen molar-refractivity contribution < 1.29 is 0 Å². The molecule has 3 aliphatic rings. The fourth-order valence-corrected chi connectivity index (χ4v) is 1.98. The van der Waals surface area contributed by atoms with Crippen molar-refractivity contribution in [2.45, 2.75) is 0 Å². The molecule has 2 N–H and O–H groups in total. The Morgan fingerprint density at radius 3 is 2.93 bits per heavy atom. The molecule has 2 aliphatic heterocycles. The maximum Gasteiger partial charge on any atom is 0.203 e. The van der Waals surface area contributed by atoms with Crippen LogP contribution in [0.4, 0.5) is 5.95 Å². The Hall–Kier alpha value is -1.55. The van der Waals surface area contributed by atoms with Gasteiger partial charge in [0.2, 0.25) is 5.95 Å². The Labute approximate surface area is 88.7 Å². The Kier molecular flexibility index (Phi) is 2.07. The number of anilines is 1. The first-order chi connectivity index (χ1) is 7.43. The summed E-state index contributed by atoms with van der Waals surface area (Å²) in [6.45, 7) is 4.12. The van der Waals surface area contributed by atoms with E-state index in [1.54, 1.807) is 0 Å². The quantitative estimate of drug-likeness (QED) is 0.723. The summed E-state index contributed by atoms with van der Waals surface area (Å²) < 4.78 is 0. The Morgan fingerprint density at radius 2 is 2.07 bits per heavy atom. The van der Waals surface area contributed by atoms with Crippen LogP contribution >= 0.6 is 0 Å². The number of aromatic amines is 1. The van der Waals surface area contributed by atoms with Gasteiger partial charge in [0.25, 0.3) is 0 Å². The zero-order valence-electron chi connectivity index (χ0n) is 8.53. The van der Waals surface area contributed by atoms with Gasteiger partial charge in [-0.05, 0) is 6.07 Å². The fourth-order valence-electron chi connectivity index (χ4n) is 1.98. The van der Waals surface area contributed by atoms with Gasteiger partial charge in [0.15, 0.2) is 0 Å². The molecule has 1 fully saturated rings. The van der Waals surface area contributed by atoms with E-state index >= 15 is 0 Å². The van der Waals surface area contributed by atoms with Crippen molar-refractivity contribution in [3.8, 4) is 11.3 Å². The van der Waals surface area contributed by atoms with E-state index in [-0.39, 0.29) is 0 Å². The largest absolute Gasteiger partial charge is 0.340 e. The van der Waals surface area contributed by atoms with Gasteiger partial charge >= 0.3 is 0 Å². The smallest absolute Gasteiger partial charge is 0.203 e. The molecule has 2 heterocycles. The van der Waals surface area contributed by atoms with E-state index in [2.05, 4.69) is 32.3 Å². The van der Waals surface area contributed by atoms with Crippen LogP contribution < -0.4 is 10.2 Å². The zero-order chi connectivity index (χ0) is 10.1. The number of H-pyrrole nitrogens is 1. The van der Waals surface area contributed by atoms with Gasteiger partial charge in [0.1, 0.15) is 0 Å². The molecule has 0 bridgehead atoms. The van der Waals surface area contributed by atoms with E-state index < -0.39 is 0 Å². The van der Waals surface area contributed by atoms with Crippen molar-refractivity contribution in [3.05, 3.63) is 24.4 Å². The monoisotopic (exact) mass is 202 g/mol. The highest BCUT2D eigenvalue weighted by Crippen LogP contribution is 2.21. The number of nitrogens with zero attached hydrogens (tertiary/aromatic N) is 2. The zero-order valence-corrected chi connectivity index (χ0v) is 8.53. The number of piperazine rings is 1. The van der Waals surface area contributed by atoms with Crippen LogP contribution in [0.3, 0.4) is 0 Å². The highest BCUT2D eigenvalue weighted by atomic mass is 15.3. The lowest BCUT2D eigenvalue weighted by Crippen LogP contribution is -2.44. The third-order valence-corrected chi connectivity index (χ3v) is 2.84. The van der Waals surface area contributed by atoms with Crippen LogP contribution in [0.2, 0.25) is 0 Å². The average Bonchev–Trinajstić information content (AvgIpc) is 2.77. The van der Waals surface area contributed by atoms with E-state index in [0.717, 1.165) is 32.1 Å². The lowest BCUT2D eigenvalue weighted by atomic mass is 10.3. The second-order valence-corrected chi connectivity index (χ2v) is 3.84. The molecule has 4 nitrogen and oxygen atoms in total. The van der Waals surface area contributed by atoms with Crippen molar-refractivity contribution in [3.63, 3.8) is 0 Å². The van der Waals surface area contributed by atoms with E-state index in [1.165, 1.54) is 11.3 Å². The Bertz CT molecular complexity index is 417. The second-order valence-electron chi connectivity index (χ2n) is 3.84. The van der Waals surface area contributed by atoms with Gasteiger partial charge in [-0.1, -0.05) is 12.1 Å². The summed E-state index contributed by atoms with van der Waals surface area (Å²) in [5.41, 5.74) is 2.34. The first-order valence-corrected chi connectivity index (χ1v) is 5.33. The number of hydrogen-bond acceptors (Lipinski definition) is 3. The van der Waals surface area contributed by atoms with Crippen LogP contribution in [-0.2, 0) is 0 Å². The Balaban J connectivity index is 1.93. The number of rotatable bonds is 1. The summed E-state index contributed by atoms with van der Waals surface area (Å²) >= 11 is 0. The van der Waals surface area contributed by atoms with Gasteiger partial charge in [-0.25, -0.2) is 4.98 Å². The minimum Gasteiger partial charge on any atom is -0.340 e.